The van der Waals surface area contributed by atoms with E-state index in [9.17, 15) is 10.1 Å². The fourth-order valence-electron chi connectivity index (χ4n) is 3.62. The molecule has 0 spiro atoms. The van der Waals surface area contributed by atoms with Gasteiger partial charge in [-0.05, 0) is 30.9 Å². The van der Waals surface area contributed by atoms with Crippen LogP contribution in [0.5, 0.6) is 5.88 Å². The number of hydrogen-bond acceptors (Lipinski definition) is 5. The SMILES string of the molecule is COc1c(-c2cc(C(=O)NCCCC3CC3)nc3c(C#N)cccc23)cnn1C. The molecule has 1 aliphatic carbocycles. The van der Waals surface area contributed by atoms with Gasteiger partial charge in [0.2, 0.25) is 5.88 Å². The summed E-state index contributed by atoms with van der Waals surface area (Å²) in [5, 5.41) is 17.5. The summed E-state index contributed by atoms with van der Waals surface area (Å²) in [7, 11) is 3.37. The van der Waals surface area contributed by atoms with Crippen molar-refractivity contribution in [2.75, 3.05) is 13.7 Å². The molecule has 0 unspecified atom stereocenters. The summed E-state index contributed by atoms with van der Waals surface area (Å²) in [5.74, 6) is 1.18. The van der Waals surface area contributed by atoms with Crippen molar-refractivity contribution in [3.05, 3.63) is 41.7 Å². The number of methoxy groups -OCH3 is 1. The predicted molar refractivity (Wildman–Crippen MR) is 110 cm³/mol. The molecular formula is C22H23N5O2. The number of rotatable bonds is 7. The molecule has 0 bridgehead atoms. The number of ether oxygens (including phenoxy) is 1. The minimum atomic E-state index is -0.237. The molecule has 1 aliphatic rings. The van der Waals surface area contributed by atoms with Crippen LogP contribution in [0.15, 0.2) is 30.5 Å². The molecule has 3 aromatic rings. The Morgan fingerprint density at radius 1 is 1.38 bits per heavy atom. The van der Waals surface area contributed by atoms with Crippen molar-refractivity contribution in [2.45, 2.75) is 25.7 Å². The van der Waals surface area contributed by atoms with E-state index < -0.39 is 0 Å². The molecule has 0 radical (unpaired) electrons. The highest BCUT2D eigenvalue weighted by molar-refractivity contribution is 6.03. The average Bonchev–Trinajstić information content (AvgIpc) is 3.50. The summed E-state index contributed by atoms with van der Waals surface area (Å²) in [6.45, 7) is 0.625. The van der Waals surface area contributed by atoms with Gasteiger partial charge in [-0.2, -0.15) is 10.4 Å². The Labute approximate surface area is 169 Å². The maximum Gasteiger partial charge on any atom is 0.269 e. The topological polar surface area (TPSA) is 92.8 Å². The number of carbonyl (C=O) groups is 1. The fourth-order valence-corrected chi connectivity index (χ4v) is 3.62. The van der Waals surface area contributed by atoms with Gasteiger partial charge in [0.25, 0.3) is 5.91 Å². The van der Waals surface area contributed by atoms with Crippen LogP contribution in [0, 0.1) is 17.2 Å². The first kappa shape index (κ1) is 18.9. The first-order valence-corrected chi connectivity index (χ1v) is 9.80. The highest BCUT2D eigenvalue weighted by Crippen LogP contribution is 2.36. The number of aromatic nitrogens is 3. The Bertz CT molecular complexity index is 1110. The normalized spacial score (nSPS) is 13.3. The second-order valence-electron chi connectivity index (χ2n) is 7.40. The molecule has 2 heterocycles. The Hall–Kier alpha value is -3.40. The number of pyridine rings is 1. The van der Waals surface area contributed by atoms with Crippen LogP contribution < -0.4 is 10.1 Å². The van der Waals surface area contributed by atoms with Crippen molar-refractivity contribution in [1.29, 1.82) is 5.26 Å². The number of amides is 1. The maximum absolute atomic E-state index is 12.8. The van der Waals surface area contributed by atoms with Crippen LogP contribution in [-0.2, 0) is 7.05 Å². The smallest absolute Gasteiger partial charge is 0.269 e. The zero-order valence-electron chi connectivity index (χ0n) is 16.6. The zero-order valence-corrected chi connectivity index (χ0v) is 16.6. The number of nitrogens with one attached hydrogen (secondary N) is 1. The van der Waals surface area contributed by atoms with E-state index in [2.05, 4.69) is 21.5 Å². The van der Waals surface area contributed by atoms with Crippen LogP contribution in [0.25, 0.3) is 22.0 Å². The third kappa shape index (κ3) is 3.79. The largest absolute Gasteiger partial charge is 0.481 e. The van der Waals surface area contributed by atoms with Crippen molar-refractivity contribution in [1.82, 2.24) is 20.1 Å². The van der Waals surface area contributed by atoms with Crippen LogP contribution in [0.1, 0.15) is 41.7 Å². The molecule has 29 heavy (non-hydrogen) atoms. The lowest BCUT2D eigenvalue weighted by Crippen LogP contribution is -2.25. The van der Waals surface area contributed by atoms with Crippen LogP contribution in [0.2, 0.25) is 0 Å². The summed E-state index contributed by atoms with van der Waals surface area (Å²) < 4.78 is 7.13. The lowest BCUT2D eigenvalue weighted by atomic mass is 10.00. The number of para-hydroxylation sites is 1. The average molecular weight is 389 g/mol. The molecule has 7 nitrogen and oxygen atoms in total. The number of nitrogens with zero attached hydrogens (tertiary/aromatic N) is 4. The van der Waals surface area contributed by atoms with Crippen LogP contribution in [0.4, 0.5) is 0 Å². The molecule has 4 rings (SSSR count). The van der Waals surface area contributed by atoms with E-state index in [1.165, 1.54) is 12.8 Å². The van der Waals surface area contributed by atoms with Gasteiger partial charge in [0.15, 0.2) is 0 Å². The molecule has 1 saturated carbocycles. The lowest BCUT2D eigenvalue weighted by molar-refractivity contribution is 0.0948. The van der Waals surface area contributed by atoms with Crippen molar-refractivity contribution in [3.8, 4) is 23.1 Å². The molecule has 1 N–H and O–H groups in total. The molecule has 0 saturated heterocycles. The number of nitriles is 1. The number of benzene rings is 1. The quantitative estimate of drug-likeness (QED) is 0.625. The van der Waals surface area contributed by atoms with Gasteiger partial charge in [-0.25, -0.2) is 9.67 Å². The van der Waals surface area contributed by atoms with E-state index in [-0.39, 0.29) is 11.6 Å². The summed E-state index contributed by atoms with van der Waals surface area (Å²) >= 11 is 0. The van der Waals surface area contributed by atoms with E-state index >= 15 is 0 Å². The molecule has 0 atom stereocenters. The minimum absolute atomic E-state index is 0.237. The summed E-state index contributed by atoms with van der Waals surface area (Å²) in [5.41, 5.74) is 2.73. The standard InChI is InChI=1S/C22H23N5O2/c1-27-22(29-2)18(13-25-27)17-11-19(21(28)24-10-4-5-14-8-9-14)26-20-15(12-23)6-3-7-16(17)20/h3,6-7,11,13-14H,4-5,8-10H2,1-2H3,(H,24,28). The third-order valence-corrected chi connectivity index (χ3v) is 5.33. The predicted octanol–water partition coefficient (Wildman–Crippen LogP) is 3.44. The number of hydrogen-bond donors (Lipinski definition) is 1. The van der Waals surface area contributed by atoms with E-state index in [0.29, 0.717) is 23.5 Å². The van der Waals surface area contributed by atoms with E-state index in [0.717, 1.165) is 35.3 Å². The molecule has 7 heteroatoms. The van der Waals surface area contributed by atoms with E-state index in [1.807, 2.05) is 12.1 Å². The number of carbonyl (C=O) groups excluding carboxylic acids is 1. The van der Waals surface area contributed by atoms with Gasteiger partial charge in [-0.1, -0.05) is 25.0 Å². The molecule has 1 aromatic carbocycles. The maximum atomic E-state index is 12.8. The van der Waals surface area contributed by atoms with Crippen molar-refractivity contribution < 1.29 is 9.53 Å². The highest BCUT2D eigenvalue weighted by Gasteiger charge is 2.21. The number of aryl methyl sites for hydroxylation is 1. The van der Waals surface area contributed by atoms with Crippen molar-refractivity contribution in [3.63, 3.8) is 0 Å². The number of fused-ring (bicyclic) bond motifs is 1. The second kappa shape index (κ2) is 7.92. The molecular weight excluding hydrogens is 366 g/mol. The van der Waals surface area contributed by atoms with Gasteiger partial charge in [-0.15, -0.1) is 0 Å². The Morgan fingerprint density at radius 3 is 2.93 bits per heavy atom. The van der Waals surface area contributed by atoms with E-state index in [1.54, 1.807) is 37.2 Å². The molecule has 1 fully saturated rings. The lowest BCUT2D eigenvalue weighted by Gasteiger charge is -2.11. The molecule has 148 valence electrons. The molecule has 0 aliphatic heterocycles. The highest BCUT2D eigenvalue weighted by atomic mass is 16.5. The van der Waals surface area contributed by atoms with Crippen molar-refractivity contribution in [2.24, 2.45) is 13.0 Å². The van der Waals surface area contributed by atoms with E-state index in [4.69, 9.17) is 4.74 Å². The summed E-state index contributed by atoms with van der Waals surface area (Å²) in [4.78, 5) is 17.3. The summed E-state index contributed by atoms with van der Waals surface area (Å²) in [6.07, 6.45) is 6.45. The fraction of sp³-hybridized carbons (Fsp3) is 0.364. The van der Waals surface area contributed by atoms with Crippen LogP contribution in [-0.4, -0.2) is 34.3 Å². The summed E-state index contributed by atoms with van der Waals surface area (Å²) in [6, 6.07) is 9.33. The zero-order chi connectivity index (χ0) is 20.4. The molecule has 1 amide bonds. The Morgan fingerprint density at radius 2 is 2.21 bits per heavy atom. The third-order valence-electron chi connectivity index (χ3n) is 5.33. The first-order valence-electron chi connectivity index (χ1n) is 9.80. The van der Waals surface area contributed by atoms with Crippen molar-refractivity contribution >= 4 is 16.8 Å². The van der Waals surface area contributed by atoms with Gasteiger partial charge in [-0.3, -0.25) is 4.79 Å². The second-order valence-corrected chi connectivity index (χ2v) is 7.40. The molecule has 2 aromatic heterocycles. The van der Waals surface area contributed by atoms with Crippen LogP contribution >= 0.6 is 0 Å². The first-order chi connectivity index (χ1) is 14.1. The Kier molecular flexibility index (Phi) is 5.17. The Balaban J connectivity index is 1.75. The van der Waals surface area contributed by atoms with Crippen LogP contribution in [0.3, 0.4) is 0 Å². The minimum Gasteiger partial charge on any atom is -0.481 e. The van der Waals surface area contributed by atoms with Gasteiger partial charge < -0.3 is 10.1 Å². The monoisotopic (exact) mass is 389 g/mol. The van der Waals surface area contributed by atoms with Gasteiger partial charge in [0.1, 0.15) is 11.8 Å². The van der Waals surface area contributed by atoms with Gasteiger partial charge >= 0.3 is 0 Å². The van der Waals surface area contributed by atoms with Gasteiger partial charge in [0, 0.05) is 24.5 Å². The van der Waals surface area contributed by atoms with Gasteiger partial charge in [0.05, 0.1) is 30.0 Å².